The monoisotopic (exact) mass is 472 g/mol. The van der Waals surface area contributed by atoms with Crippen molar-refractivity contribution in [3.8, 4) is 23.1 Å². The highest BCUT2D eigenvalue weighted by Gasteiger charge is 2.49. The van der Waals surface area contributed by atoms with Crippen molar-refractivity contribution in [2.75, 3.05) is 26.1 Å². The topological polar surface area (TPSA) is 98.0 Å². The Morgan fingerprint density at radius 2 is 1.74 bits per heavy atom. The number of nitrogens with one attached hydrogen (secondary N) is 1. The van der Waals surface area contributed by atoms with E-state index in [1.54, 1.807) is 41.9 Å². The Morgan fingerprint density at radius 1 is 1.03 bits per heavy atom. The number of urea groups is 1. The third kappa shape index (κ3) is 3.15. The van der Waals surface area contributed by atoms with Crippen molar-refractivity contribution >= 4 is 22.5 Å². The van der Waals surface area contributed by atoms with Crippen LogP contribution in [0.1, 0.15) is 24.2 Å². The first kappa shape index (κ1) is 21.2. The molecule has 9 heteroatoms. The van der Waals surface area contributed by atoms with E-state index in [-0.39, 0.29) is 23.6 Å². The van der Waals surface area contributed by atoms with E-state index >= 15 is 0 Å². The number of hydrogen-bond acceptors (Lipinski definition) is 5. The highest BCUT2D eigenvalue weighted by Crippen LogP contribution is 2.49. The van der Waals surface area contributed by atoms with Crippen molar-refractivity contribution < 1.29 is 19.4 Å². The fourth-order valence-electron chi connectivity index (χ4n) is 5.37. The van der Waals surface area contributed by atoms with Crippen LogP contribution in [0.5, 0.6) is 17.4 Å². The predicted molar refractivity (Wildman–Crippen MR) is 131 cm³/mol. The summed E-state index contributed by atoms with van der Waals surface area (Å²) in [6, 6.07) is 17.6. The van der Waals surface area contributed by atoms with Gasteiger partial charge in [-0.15, -0.1) is 0 Å². The van der Waals surface area contributed by atoms with Crippen LogP contribution in [0.4, 0.5) is 10.5 Å². The van der Waals surface area contributed by atoms with E-state index in [1.807, 2.05) is 42.5 Å². The Hall–Kier alpha value is -4.40. The summed E-state index contributed by atoms with van der Waals surface area (Å²) in [5, 5.41) is 16.0. The molecule has 2 aliphatic heterocycles. The summed E-state index contributed by atoms with van der Waals surface area (Å²) in [4.78, 5) is 28.3. The van der Waals surface area contributed by atoms with Crippen molar-refractivity contribution in [2.45, 2.75) is 18.5 Å². The fourth-order valence-corrected chi connectivity index (χ4v) is 5.37. The Balaban J connectivity index is 1.36. The molecule has 1 aromatic heterocycles. The van der Waals surface area contributed by atoms with E-state index in [4.69, 9.17) is 9.47 Å². The van der Waals surface area contributed by atoms with Gasteiger partial charge in [-0.05, 0) is 17.9 Å². The zero-order valence-corrected chi connectivity index (χ0v) is 19.3. The van der Waals surface area contributed by atoms with Crippen LogP contribution in [-0.2, 0) is 0 Å². The maximum absolute atomic E-state index is 13.4. The SMILES string of the molecule is COc1cc(NC(=O)N2C[C@@H]3C[C@H]2c2c(O)n(-c4cccc5ccccc45)c(=O)n23)cc(OC)c1. The molecule has 0 unspecified atom stereocenters. The quantitative estimate of drug-likeness (QED) is 0.467. The number of ether oxygens (including phenoxy) is 2. The van der Waals surface area contributed by atoms with Gasteiger partial charge >= 0.3 is 11.7 Å². The second-order valence-electron chi connectivity index (χ2n) is 8.78. The number of likely N-dealkylation sites (tertiary alicyclic amines) is 1. The van der Waals surface area contributed by atoms with Crippen molar-refractivity contribution in [1.29, 1.82) is 0 Å². The Kier molecular flexibility index (Phi) is 4.73. The minimum absolute atomic E-state index is 0.126. The molecule has 2 amide bonds. The summed E-state index contributed by atoms with van der Waals surface area (Å²) < 4.78 is 13.6. The largest absolute Gasteiger partial charge is 0.497 e. The smallest absolute Gasteiger partial charge is 0.336 e. The molecule has 2 N–H and O–H groups in total. The number of rotatable bonds is 4. The molecular formula is C26H24N4O5. The van der Waals surface area contributed by atoms with E-state index in [0.29, 0.717) is 41.5 Å². The first-order chi connectivity index (χ1) is 17.0. The number of nitrogens with zero attached hydrogens (tertiary/aromatic N) is 3. The van der Waals surface area contributed by atoms with E-state index < -0.39 is 6.04 Å². The summed E-state index contributed by atoms with van der Waals surface area (Å²) in [5.74, 6) is 0.988. The number of carbonyl (C=O) groups excluding carboxylic acids is 1. The lowest BCUT2D eigenvalue weighted by molar-refractivity contribution is 0.198. The van der Waals surface area contributed by atoms with Gasteiger partial charge in [0, 0.05) is 35.8 Å². The van der Waals surface area contributed by atoms with Gasteiger partial charge in [-0.1, -0.05) is 36.4 Å². The number of amides is 2. The number of benzene rings is 3. The molecule has 178 valence electrons. The van der Waals surface area contributed by atoms with Crippen LogP contribution in [-0.4, -0.2) is 45.9 Å². The number of methoxy groups -OCH3 is 2. The van der Waals surface area contributed by atoms with Gasteiger partial charge in [-0.25, -0.2) is 14.2 Å². The number of anilines is 1. The molecule has 0 aliphatic carbocycles. The van der Waals surface area contributed by atoms with Crippen LogP contribution in [0, 0.1) is 0 Å². The lowest BCUT2D eigenvalue weighted by Crippen LogP contribution is -2.40. The zero-order chi connectivity index (χ0) is 24.3. The molecule has 4 aromatic rings. The second-order valence-corrected chi connectivity index (χ2v) is 8.78. The third-order valence-corrected chi connectivity index (χ3v) is 6.93. The molecule has 3 aromatic carbocycles. The summed E-state index contributed by atoms with van der Waals surface area (Å²) in [5.41, 5.74) is 1.33. The molecule has 0 radical (unpaired) electrons. The summed E-state index contributed by atoms with van der Waals surface area (Å²) in [6.07, 6.45) is 0.587. The maximum atomic E-state index is 13.4. The van der Waals surface area contributed by atoms with Crippen LogP contribution < -0.4 is 20.5 Å². The Bertz CT molecular complexity index is 1510. The van der Waals surface area contributed by atoms with Crippen molar-refractivity contribution in [1.82, 2.24) is 14.0 Å². The van der Waals surface area contributed by atoms with Gasteiger partial charge in [0.1, 0.15) is 17.2 Å². The number of carbonyl (C=O) groups is 1. The molecule has 0 saturated carbocycles. The minimum Gasteiger partial charge on any atom is -0.497 e. The maximum Gasteiger partial charge on any atom is 0.336 e. The molecule has 1 saturated heterocycles. The number of aromatic nitrogens is 2. The van der Waals surface area contributed by atoms with Crippen molar-refractivity contribution in [3.05, 3.63) is 76.8 Å². The molecule has 0 spiro atoms. The standard InChI is InChI=1S/C26H24N4O5/c1-34-18-10-16(11-19(13-18)35-2)27-25(32)28-14-17-12-22(28)23-24(31)30(26(33)29(17)23)21-9-5-7-15-6-3-4-8-20(15)21/h3-11,13,17,22,31H,12,14H2,1-2H3,(H,27,32)/t17-,22-/m0/s1. The lowest BCUT2D eigenvalue weighted by atomic mass is 10.1. The molecule has 9 nitrogen and oxygen atoms in total. The number of hydrogen-bond donors (Lipinski definition) is 2. The first-order valence-electron chi connectivity index (χ1n) is 11.3. The van der Waals surface area contributed by atoms with Crippen LogP contribution in [0.15, 0.2) is 65.5 Å². The van der Waals surface area contributed by atoms with Gasteiger partial charge in [0.2, 0.25) is 5.88 Å². The molecule has 6 rings (SSSR count). The minimum atomic E-state index is -0.406. The molecule has 3 heterocycles. The molecular weight excluding hydrogens is 448 g/mol. The molecule has 2 atom stereocenters. The molecule has 35 heavy (non-hydrogen) atoms. The zero-order valence-electron chi connectivity index (χ0n) is 19.3. The fraction of sp³-hybridized carbons (Fsp3) is 0.231. The highest BCUT2D eigenvalue weighted by molar-refractivity contribution is 5.91. The van der Waals surface area contributed by atoms with E-state index in [1.165, 1.54) is 4.57 Å². The third-order valence-electron chi connectivity index (χ3n) is 6.93. The summed E-state index contributed by atoms with van der Waals surface area (Å²) >= 11 is 0. The number of imidazole rings is 1. The average molecular weight is 473 g/mol. The molecule has 1 fully saturated rings. The van der Waals surface area contributed by atoms with Gasteiger partial charge in [-0.3, -0.25) is 4.57 Å². The highest BCUT2D eigenvalue weighted by atomic mass is 16.5. The van der Waals surface area contributed by atoms with Crippen molar-refractivity contribution in [2.24, 2.45) is 0 Å². The van der Waals surface area contributed by atoms with E-state index in [2.05, 4.69) is 5.32 Å². The van der Waals surface area contributed by atoms with Crippen LogP contribution >= 0.6 is 0 Å². The molecule has 2 aliphatic rings. The first-order valence-corrected chi connectivity index (χ1v) is 11.3. The van der Waals surface area contributed by atoms with E-state index in [0.717, 1.165) is 10.8 Å². The number of fused-ring (bicyclic) bond motifs is 6. The number of aromatic hydroxyl groups is 1. The van der Waals surface area contributed by atoms with Gasteiger partial charge in [0.05, 0.1) is 32.0 Å². The Morgan fingerprint density at radius 3 is 2.49 bits per heavy atom. The summed E-state index contributed by atoms with van der Waals surface area (Å²) in [6.45, 7) is 0.378. The molecule has 2 bridgehead atoms. The van der Waals surface area contributed by atoms with Crippen LogP contribution in [0.2, 0.25) is 0 Å². The van der Waals surface area contributed by atoms with Crippen molar-refractivity contribution in [3.63, 3.8) is 0 Å². The van der Waals surface area contributed by atoms with Gasteiger partial charge in [0.25, 0.3) is 0 Å². The predicted octanol–water partition coefficient (Wildman–Crippen LogP) is 4.05. The normalized spacial score (nSPS) is 18.1. The van der Waals surface area contributed by atoms with E-state index in [9.17, 15) is 14.7 Å². The average Bonchev–Trinajstić information content (AvgIpc) is 3.54. The summed E-state index contributed by atoms with van der Waals surface area (Å²) in [7, 11) is 3.09. The van der Waals surface area contributed by atoms with Gasteiger partial charge < -0.3 is 24.8 Å². The lowest BCUT2D eigenvalue weighted by Gasteiger charge is -2.28. The van der Waals surface area contributed by atoms with Crippen LogP contribution in [0.25, 0.3) is 16.5 Å². The van der Waals surface area contributed by atoms with Gasteiger partial charge in [0.15, 0.2) is 0 Å². The second kappa shape index (κ2) is 7.83. The Labute approximate surface area is 200 Å². The van der Waals surface area contributed by atoms with Crippen LogP contribution in [0.3, 0.4) is 0 Å². The van der Waals surface area contributed by atoms with Gasteiger partial charge in [-0.2, -0.15) is 0 Å².